The average Bonchev–Trinajstić information content (AvgIpc) is 2.64. The molecule has 0 aliphatic rings. The van der Waals surface area contributed by atoms with Crippen molar-refractivity contribution in [2.45, 2.75) is 6.10 Å². The molecule has 78 valence electrons. The molecule has 0 bridgehead atoms. The van der Waals surface area contributed by atoms with Crippen LogP contribution in [0.3, 0.4) is 0 Å². The van der Waals surface area contributed by atoms with Crippen LogP contribution in [0, 0.1) is 0 Å². The fourth-order valence-electron chi connectivity index (χ4n) is 1.29. The standard InChI is InChI=1S/C10H9BrN2OS/c11-7-2-4-15-10(7)9(14)6-5-13-3-1-8(6)12/h1-5,9,14H,(H2,12,13). The first-order valence-corrected chi connectivity index (χ1v) is 5.97. The lowest BCUT2D eigenvalue weighted by molar-refractivity contribution is 0.224. The van der Waals surface area contributed by atoms with Crippen molar-refractivity contribution in [1.29, 1.82) is 0 Å². The predicted octanol–water partition coefficient (Wildman–Crippen LogP) is 2.57. The van der Waals surface area contributed by atoms with Crippen molar-refractivity contribution in [2.24, 2.45) is 0 Å². The molecule has 3 N–H and O–H groups in total. The van der Waals surface area contributed by atoms with Crippen LogP contribution in [0.2, 0.25) is 0 Å². The predicted molar refractivity (Wildman–Crippen MR) is 64.7 cm³/mol. The zero-order chi connectivity index (χ0) is 10.8. The fourth-order valence-corrected chi connectivity index (χ4v) is 2.88. The van der Waals surface area contributed by atoms with E-state index in [1.165, 1.54) is 11.3 Å². The van der Waals surface area contributed by atoms with Crippen molar-refractivity contribution in [3.63, 3.8) is 0 Å². The van der Waals surface area contributed by atoms with Crippen molar-refractivity contribution in [1.82, 2.24) is 4.98 Å². The normalized spacial score (nSPS) is 12.7. The van der Waals surface area contributed by atoms with E-state index in [0.717, 1.165) is 9.35 Å². The molecule has 3 nitrogen and oxygen atoms in total. The molecule has 0 saturated heterocycles. The van der Waals surface area contributed by atoms with E-state index in [1.54, 1.807) is 18.5 Å². The minimum atomic E-state index is -0.715. The van der Waals surface area contributed by atoms with Crippen LogP contribution >= 0.6 is 27.3 Å². The van der Waals surface area contributed by atoms with Gasteiger partial charge in [-0.3, -0.25) is 4.98 Å². The molecule has 0 spiro atoms. The van der Waals surface area contributed by atoms with Gasteiger partial charge in [-0.2, -0.15) is 0 Å². The summed E-state index contributed by atoms with van der Waals surface area (Å²) in [7, 11) is 0. The molecule has 0 aliphatic heterocycles. The summed E-state index contributed by atoms with van der Waals surface area (Å²) in [5, 5.41) is 12.0. The Morgan fingerprint density at radius 1 is 1.47 bits per heavy atom. The Balaban J connectivity index is 2.41. The van der Waals surface area contributed by atoms with Gasteiger partial charge in [-0.05, 0) is 33.4 Å². The number of anilines is 1. The van der Waals surface area contributed by atoms with E-state index in [4.69, 9.17) is 5.73 Å². The van der Waals surface area contributed by atoms with Crippen molar-refractivity contribution in [2.75, 3.05) is 5.73 Å². The monoisotopic (exact) mass is 284 g/mol. The lowest BCUT2D eigenvalue weighted by atomic mass is 10.1. The number of pyridine rings is 1. The first-order chi connectivity index (χ1) is 7.20. The van der Waals surface area contributed by atoms with Crippen molar-refractivity contribution in [3.05, 3.63) is 44.8 Å². The third kappa shape index (κ3) is 2.04. The van der Waals surface area contributed by atoms with Crippen LogP contribution in [-0.2, 0) is 0 Å². The first-order valence-electron chi connectivity index (χ1n) is 4.30. The largest absolute Gasteiger partial charge is 0.398 e. The number of aliphatic hydroxyl groups excluding tert-OH is 1. The molecule has 0 saturated carbocycles. The second kappa shape index (κ2) is 4.30. The number of aliphatic hydroxyl groups is 1. The van der Waals surface area contributed by atoms with Crippen LogP contribution in [0.25, 0.3) is 0 Å². The Kier molecular flexibility index (Phi) is 3.04. The Hall–Kier alpha value is -0.910. The Labute approximate surface area is 99.7 Å². The summed E-state index contributed by atoms with van der Waals surface area (Å²) >= 11 is 4.86. The quantitative estimate of drug-likeness (QED) is 0.891. The second-order valence-electron chi connectivity index (χ2n) is 3.04. The van der Waals surface area contributed by atoms with Gasteiger partial charge in [-0.25, -0.2) is 0 Å². The van der Waals surface area contributed by atoms with Crippen LogP contribution < -0.4 is 5.73 Å². The third-order valence-corrected chi connectivity index (χ3v) is 4.00. The number of nitrogens with zero attached hydrogens (tertiary/aromatic N) is 1. The number of nitrogen functional groups attached to an aromatic ring is 1. The number of hydrogen-bond acceptors (Lipinski definition) is 4. The molecule has 2 heterocycles. The molecule has 1 atom stereocenters. The highest BCUT2D eigenvalue weighted by Crippen LogP contribution is 2.34. The van der Waals surface area contributed by atoms with Gasteiger partial charge in [0.2, 0.25) is 0 Å². The van der Waals surface area contributed by atoms with Gasteiger partial charge in [0, 0.05) is 28.1 Å². The molecule has 2 aromatic heterocycles. The Bertz CT molecular complexity index is 472. The summed E-state index contributed by atoms with van der Waals surface area (Å²) in [6, 6.07) is 3.58. The number of aromatic nitrogens is 1. The Morgan fingerprint density at radius 2 is 2.27 bits per heavy atom. The molecular formula is C10H9BrN2OS. The van der Waals surface area contributed by atoms with Crippen molar-refractivity contribution < 1.29 is 5.11 Å². The lowest BCUT2D eigenvalue weighted by Crippen LogP contribution is -2.03. The van der Waals surface area contributed by atoms with E-state index in [9.17, 15) is 5.11 Å². The van der Waals surface area contributed by atoms with E-state index < -0.39 is 6.10 Å². The smallest absolute Gasteiger partial charge is 0.118 e. The number of halogens is 1. The second-order valence-corrected chi connectivity index (χ2v) is 4.84. The summed E-state index contributed by atoms with van der Waals surface area (Å²) in [5.74, 6) is 0. The molecular weight excluding hydrogens is 276 g/mol. The maximum absolute atomic E-state index is 10.1. The molecule has 5 heteroatoms. The fraction of sp³-hybridized carbons (Fsp3) is 0.100. The highest BCUT2D eigenvalue weighted by atomic mass is 79.9. The van der Waals surface area contributed by atoms with Crippen LogP contribution in [-0.4, -0.2) is 10.1 Å². The summed E-state index contributed by atoms with van der Waals surface area (Å²) in [4.78, 5) is 4.80. The first kappa shape index (κ1) is 10.6. The van der Waals surface area contributed by atoms with Gasteiger partial charge in [0.05, 0.1) is 4.88 Å². The number of hydrogen-bond donors (Lipinski definition) is 2. The minimum absolute atomic E-state index is 0.554. The zero-order valence-corrected chi connectivity index (χ0v) is 10.1. The van der Waals surface area contributed by atoms with Crippen LogP contribution in [0.4, 0.5) is 5.69 Å². The van der Waals surface area contributed by atoms with Crippen LogP contribution in [0.15, 0.2) is 34.4 Å². The summed E-state index contributed by atoms with van der Waals surface area (Å²) in [6.45, 7) is 0. The van der Waals surface area contributed by atoms with Crippen LogP contribution in [0.1, 0.15) is 16.5 Å². The maximum Gasteiger partial charge on any atom is 0.118 e. The summed E-state index contributed by atoms with van der Waals surface area (Å²) in [6.07, 6.45) is 2.48. The molecule has 2 rings (SSSR count). The topological polar surface area (TPSA) is 59.1 Å². The summed E-state index contributed by atoms with van der Waals surface area (Å²) < 4.78 is 0.892. The van der Waals surface area contributed by atoms with Gasteiger partial charge in [0.25, 0.3) is 0 Å². The van der Waals surface area contributed by atoms with E-state index in [1.807, 2.05) is 11.4 Å². The van der Waals surface area contributed by atoms with Gasteiger partial charge < -0.3 is 10.8 Å². The van der Waals surface area contributed by atoms with E-state index in [0.29, 0.717) is 11.3 Å². The molecule has 0 amide bonds. The minimum Gasteiger partial charge on any atom is -0.398 e. The number of thiophene rings is 1. The molecule has 0 radical (unpaired) electrons. The van der Waals surface area contributed by atoms with Gasteiger partial charge in [0.1, 0.15) is 6.10 Å². The van der Waals surface area contributed by atoms with Gasteiger partial charge in [0.15, 0.2) is 0 Å². The van der Waals surface area contributed by atoms with Crippen molar-refractivity contribution >= 4 is 33.0 Å². The molecule has 0 aromatic carbocycles. The zero-order valence-electron chi connectivity index (χ0n) is 7.72. The number of rotatable bonds is 2. The third-order valence-electron chi connectivity index (χ3n) is 2.07. The van der Waals surface area contributed by atoms with E-state index in [2.05, 4.69) is 20.9 Å². The van der Waals surface area contributed by atoms with E-state index >= 15 is 0 Å². The van der Waals surface area contributed by atoms with Crippen LogP contribution in [0.5, 0.6) is 0 Å². The Morgan fingerprint density at radius 3 is 2.87 bits per heavy atom. The molecule has 2 aromatic rings. The lowest BCUT2D eigenvalue weighted by Gasteiger charge is -2.11. The average molecular weight is 285 g/mol. The van der Waals surface area contributed by atoms with Gasteiger partial charge in [-0.1, -0.05) is 0 Å². The summed E-state index contributed by atoms with van der Waals surface area (Å²) in [5.41, 5.74) is 6.96. The van der Waals surface area contributed by atoms with Crippen molar-refractivity contribution in [3.8, 4) is 0 Å². The maximum atomic E-state index is 10.1. The number of nitrogens with two attached hydrogens (primary N) is 1. The van der Waals surface area contributed by atoms with Gasteiger partial charge >= 0.3 is 0 Å². The molecule has 0 fully saturated rings. The van der Waals surface area contributed by atoms with Gasteiger partial charge in [-0.15, -0.1) is 11.3 Å². The molecule has 1 unspecified atom stereocenters. The SMILES string of the molecule is Nc1ccncc1C(O)c1sccc1Br. The van der Waals surface area contributed by atoms with E-state index in [-0.39, 0.29) is 0 Å². The highest BCUT2D eigenvalue weighted by molar-refractivity contribution is 9.10. The molecule has 15 heavy (non-hydrogen) atoms. The molecule has 0 aliphatic carbocycles. The highest BCUT2D eigenvalue weighted by Gasteiger charge is 2.17.